The van der Waals surface area contributed by atoms with Gasteiger partial charge < -0.3 is 50.7 Å². The van der Waals surface area contributed by atoms with Crippen LogP contribution >= 0.6 is 0 Å². The molecule has 5 aromatic rings. The molecule has 6 atom stereocenters. The Labute approximate surface area is 491 Å². The largest absolute Gasteiger partial charge is 0.508 e. The minimum atomic E-state index is -5.17. The molecule has 0 radical (unpaired) electrons. The number of likely N-dealkylation sites (N-methyl/N-ethyl adjacent to an activating group) is 2. The van der Waals surface area contributed by atoms with Gasteiger partial charge in [-0.3, -0.25) is 28.8 Å². The zero-order chi connectivity index (χ0) is 61.4. The lowest BCUT2D eigenvalue weighted by Gasteiger charge is -2.34. The Morgan fingerprint density at radius 1 is 0.565 bits per heavy atom. The molecule has 16 nitrogen and oxygen atoms in total. The predicted molar refractivity (Wildman–Crippen MR) is 308 cm³/mol. The molecule has 22 heteroatoms. The van der Waals surface area contributed by atoms with E-state index in [1.165, 1.54) is 21.9 Å². The van der Waals surface area contributed by atoms with Crippen LogP contribution < -0.4 is 26.0 Å². The summed E-state index contributed by atoms with van der Waals surface area (Å²) in [6.07, 6.45) is -8.19. The second-order valence-corrected chi connectivity index (χ2v) is 21.7. The van der Waals surface area contributed by atoms with Gasteiger partial charge in [-0.2, -0.15) is 26.3 Å². The number of phenols is 1. The molecule has 2 fully saturated rings. The molecule has 85 heavy (non-hydrogen) atoms. The van der Waals surface area contributed by atoms with Crippen LogP contribution in [0.1, 0.15) is 67.3 Å². The van der Waals surface area contributed by atoms with Crippen molar-refractivity contribution in [1.29, 1.82) is 0 Å². The number of phenolic OH excluding ortho intramolecular Hbond substituents is 1. The van der Waals surface area contributed by atoms with E-state index in [4.69, 9.17) is 4.74 Å². The molecule has 456 valence electrons. The first-order valence-corrected chi connectivity index (χ1v) is 28.5. The Balaban J connectivity index is 0.961. The molecule has 5 N–H and O–H groups in total. The number of alkyl halides is 6. The van der Waals surface area contributed by atoms with Gasteiger partial charge in [0.15, 0.2) is 0 Å². The minimum Gasteiger partial charge on any atom is -0.508 e. The van der Waals surface area contributed by atoms with Crippen molar-refractivity contribution >= 4 is 35.4 Å². The number of ether oxygens (including phenoxy) is 1. The highest BCUT2D eigenvalue weighted by atomic mass is 19.4. The molecule has 2 aliphatic rings. The highest BCUT2D eigenvalue weighted by molar-refractivity contribution is 5.91. The van der Waals surface area contributed by atoms with Crippen LogP contribution in [0.4, 0.5) is 26.3 Å². The van der Waals surface area contributed by atoms with Gasteiger partial charge in [-0.1, -0.05) is 103 Å². The number of hydrogen-bond acceptors (Lipinski definition) is 10. The smallest absolute Gasteiger partial charge is 0.471 e. The Morgan fingerprint density at radius 3 is 1.48 bits per heavy atom. The molecule has 0 spiro atoms. The van der Waals surface area contributed by atoms with E-state index in [1.54, 1.807) is 107 Å². The van der Waals surface area contributed by atoms with Gasteiger partial charge in [-0.15, -0.1) is 0 Å². The zero-order valence-electron chi connectivity index (χ0n) is 48.1. The SMILES string of the molecule is CN[C@@H](C)C(=O)NC(Cc1ccc(O)cc1)C(=O)N1CCC[C@H]1CN(CCc1cccc(-c2ccc(COc3ccc(C[C@H](NC(=O)[C@H](C)NC)C(=O)N4CCC[C@H]4CN(CCc4ccccc4)C(=O)C(F)(F)F)cc3)cc2)c1)C(=O)C(F)(F)F. The lowest BCUT2D eigenvalue weighted by Crippen LogP contribution is -2.56. The number of nitrogens with zero attached hydrogens (tertiary/aromatic N) is 4. The van der Waals surface area contributed by atoms with Gasteiger partial charge in [0.1, 0.15) is 30.2 Å². The monoisotopic (exact) mass is 1180 g/mol. The van der Waals surface area contributed by atoms with Crippen molar-refractivity contribution < 1.29 is 65.0 Å². The Kier molecular flexibility index (Phi) is 22.6. The average Bonchev–Trinajstić information content (AvgIpc) is 3.25. The highest BCUT2D eigenvalue weighted by Gasteiger charge is 2.46. The number of carbonyl (C=O) groups is 6. The van der Waals surface area contributed by atoms with Gasteiger partial charge >= 0.3 is 24.2 Å². The highest BCUT2D eigenvalue weighted by Crippen LogP contribution is 2.29. The Hall–Kier alpha value is -7.98. The molecular weight excluding hydrogens is 1110 g/mol. The van der Waals surface area contributed by atoms with Crippen molar-refractivity contribution in [2.75, 3.05) is 53.4 Å². The summed E-state index contributed by atoms with van der Waals surface area (Å²) in [6.45, 7) is 2.70. The van der Waals surface area contributed by atoms with E-state index in [0.717, 1.165) is 32.1 Å². The first kappa shape index (κ1) is 64.6. The Morgan fingerprint density at radius 2 is 1.01 bits per heavy atom. The number of hydrogen-bond donors (Lipinski definition) is 5. The third-order valence-corrected chi connectivity index (χ3v) is 15.7. The standard InChI is InChI=1S/C63H74F6N8O8/c1-41(70-3)56(79)72-54(36-45-19-25-52(78)26-20-45)58(81)77-32-10-16-51(77)39-75(61(84)63(67,68)69)34-30-44-13-8-14-49(35-44)48-23-17-47(18-24-48)40-85-53-27-21-46(22-28-53)37-55(73-57(80)42(2)71-4)59(82)76-31-9-15-50(76)38-74(60(83)62(64,65)66)33-29-43-11-6-5-7-12-43/h5-8,11-14,17-28,35,41-42,50-51,54-55,70-71,78H,9-10,15-16,29-34,36-40H2,1-4H3,(H,72,79)(H,73,80)/t41-,42-,50-,51-,54?,55-/m0/s1. The summed E-state index contributed by atoms with van der Waals surface area (Å²) in [7, 11) is 3.19. The van der Waals surface area contributed by atoms with E-state index in [9.17, 15) is 60.2 Å². The van der Waals surface area contributed by atoms with Crippen LogP contribution in [0, 0.1) is 0 Å². The topological polar surface area (TPSA) is 193 Å². The molecule has 0 aromatic heterocycles. The van der Waals surface area contributed by atoms with Gasteiger partial charge in [0.2, 0.25) is 23.6 Å². The van der Waals surface area contributed by atoms with E-state index in [0.29, 0.717) is 48.1 Å². The third-order valence-electron chi connectivity index (χ3n) is 15.7. The zero-order valence-corrected chi connectivity index (χ0v) is 48.1. The van der Waals surface area contributed by atoms with Crippen LogP contribution in [0.2, 0.25) is 0 Å². The molecule has 0 aliphatic carbocycles. The van der Waals surface area contributed by atoms with Crippen LogP contribution in [-0.2, 0) is 61.1 Å². The lowest BCUT2D eigenvalue weighted by molar-refractivity contribution is -0.186. The average molecular weight is 1190 g/mol. The van der Waals surface area contributed by atoms with Gasteiger partial charge in [0.05, 0.1) is 12.1 Å². The van der Waals surface area contributed by atoms with Gasteiger partial charge in [0, 0.05) is 64.2 Å². The van der Waals surface area contributed by atoms with Crippen molar-refractivity contribution in [3.8, 4) is 22.6 Å². The molecule has 2 saturated heterocycles. The number of rotatable bonds is 26. The summed E-state index contributed by atoms with van der Waals surface area (Å²) >= 11 is 0. The van der Waals surface area contributed by atoms with Crippen LogP contribution in [0.3, 0.4) is 0 Å². The second-order valence-electron chi connectivity index (χ2n) is 21.7. The molecule has 2 heterocycles. The molecule has 5 aromatic carbocycles. The van der Waals surface area contributed by atoms with E-state index >= 15 is 0 Å². The maximum absolute atomic E-state index is 14.3. The van der Waals surface area contributed by atoms with Crippen LogP contribution in [0.15, 0.2) is 127 Å². The van der Waals surface area contributed by atoms with Crippen molar-refractivity contribution in [1.82, 2.24) is 40.9 Å². The summed E-state index contributed by atoms with van der Waals surface area (Å²) < 4.78 is 90.2. The van der Waals surface area contributed by atoms with Crippen molar-refractivity contribution in [2.24, 2.45) is 0 Å². The molecule has 1 unspecified atom stereocenters. The number of carbonyl (C=O) groups excluding carboxylic acids is 6. The van der Waals surface area contributed by atoms with E-state index in [-0.39, 0.29) is 77.3 Å². The number of nitrogens with one attached hydrogen (secondary N) is 4. The first-order valence-electron chi connectivity index (χ1n) is 28.5. The number of benzene rings is 5. The quantitative estimate of drug-likeness (QED) is 0.0355. The fourth-order valence-electron chi connectivity index (χ4n) is 10.6. The van der Waals surface area contributed by atoms with Gasteiger partial charge in [-0.25, -0.2) is 0 Å². The molecule has 0 saturated carbocycles. The van der Waals surface area contributed by atoms with Gasteiger partial charge in [-0.05, 0) is 130 Å². The van der Waals surface area contributed by atoms with Crippen LogP contribution in [0.5, 0.6) is 11.5 Å². The molecule has 6 amide bonds. The maximum atomic E-state index is 14.3. The summed E-state index contributed by atoms with van der Waals surface area (Å²) in [6, 6.07) is 31.8. The summed E-state index contributed by atoms with van der Waals surface area (Å²) in [5, 5.41) is 21.1. The normalized spacial score (nSPS) is 16.7. The van der Waals surface area contributed by atoms with Crippen LogP contribution in [-0.4, -0.2) is 162 Å². The molecule has 7 rings (SSSR count). The summed E-state index contributed by atoms with van der Waals surface area (Å²) in [5.74, 6) is -5.34. The fraction of sp³-hybridized carbons (Fsp3) is 0.429. The number of amides is 6. The molecular formula is C63H74F6N8O8. The summed E-state index contributed by atoms with van der Waals surface area (Å²) in [4.78, 5) is 84.9. The lowest BCUT2D eigenvalue weighted by atomic mass is 10.0. The summed E-state index contributed by atoms with van der Waals surface area (Å²) in [5.41, 5.74) is 5.15. The first-order chi connectivity index (χ1) is 40.5. The molecule has 2 aliphatic heterocycles. The van der Waals surface area contributed by atoms with Crippen molar-refractivity contribution in [3.05, 3.63) is 155 Å². The van der Waals surface area contributed by atoms with Crippen molar-refractivity contribution in [3.63, 3.8) is 0 Å². The maximum Gasteiger partial charge on any atom is 0.471 e. The number of likely N-dealkylation sites (tertiary alicyclic amines) is 2. The fourth-order valence-corrected chi connectivity index (χ4v) is 10.6. The van der Waals surface area contributed by atoms with Gasteiger partial charge in [0.25, 0.3) is 0 Å². The molecule has 0 bridgehead atoms. The van der Waals surface area contributed by atoms with E-state index < -0.39 is 84.0 Å². The van der Waals surface area contributed by atoms with Crippen LogP contribution in [0.25, 0.3) is 11.1 Å². The van der Waals surface area contributed by atoms with E-state index in [2.05, 4.69) is 21.3 Å². The van der Waals surface area contributed by atoms with E-state index in [1.807, 2.05) is 36.4 Å². The third kappa shape index (κ3) is 18.3. The minimum absolute atomic E-state index is 0.0143. The number of halogens is 6. The number of aromatic hydroxyl groups is 1. The predicted octanol–water partition coefficient (Wildman–Crippen LogP) is 7.16. The van der Waals surface area contributed by atoms with Crippen molar-refractivity contribution in [2.45, 2.75) is 120 Å². The second kappa shape index (κ2) is 29.7. The Bertz CT molecular complexity index is 3040.